The van der Waals surface area contributed by atoms with Gasteiger partial charge in [-0.25, -0.2) is 0 Å². The van der Waals surface area contributed by atoms with E-state index in [4.69, 9.17) is 0 Å². The maximum absolute atomic E-state index is 3.49. The Morgan fingerprint density at radius 2 is 1.62 bits per heavy atom. The minimum atomic E-state index is 0.750. The summed E-state index contributed by atoms with van der Waals surface area (Å²) in [5, 5.41) is 3.49. The zero-order valence-corrected chi connectivity index (χ0v) is 17.1. The molecule has 0 saturated carbocycles. The van der Waals surface area contributed by atoms with Crippen LogP contribution >= 0.6 is 0 Å². The summed E-state index contributed by atoms with van der Waals surface area (Å²) in [4.78, 5) is 5.53. The monoisotopic (exact) mass is 337 g/mol. The quantitative estimate of drug-likeness (QED) is 0.726. The average Bonchev–Trinajstić information content (AvgIpc) is 2.65. The van der Waals surface area contributed by atoms with Gasteiger partial charge in [-0.3, -0.25) is 4.90 Å². The molecular formula is C21H43N3. The highest BCUT2D eigenvalue weighted by atomic mass is 15.2. The number of nitrogens with one attached hydrogen (secondary N) is 1. The summed E-state index contributed by atoms with van der Waals surface area (Å²) in [5.74, 6) is 2.61. The second-order valence-corrected chi connectivity index (χ2v) is 8.56. The molecule has 0 aromatic rings. The van der Waals surface area contributed by atoms with Crippen LogP contribution in [0, 0.1) is 17.8 Å². The van der Waals surface area contributed by atoms with E-state index in [0.29, 0.717) is 0 Å². The Kier molecular flexibility index (Phi) is 8.53. The molecule has 1 N–H and O–H groups in total. The molecule has 0 aromatic heterocycles. The molecule has 2 fully saturated rings. The summed E-state index contributed by atoms with van der Waals surface area (Å²) in [7, 11) is 0. The first kappa shape index (κ1) is 20.2. The maximum Gasteiger partial charge on any atom is 0.0110 e. The third-order valence-corrected chi connectivity index (χ3v) is 7.16. The van der Waals surface area contributed by atoms with Gasteiger partial charge in [-0.15, -0.1) is 0 Å². The lowest BCUT2D eigenvalue weighted by Gasteiger charge is -2.42. The molecule has 2 aliphatic rings. The van der Waals surface area contributed by atoms with Gasteiger partial charge in [0, 0.05) is 44.8 Å². The molecule has 0 amide bonds. The molecule has 24 heavy (non-hydrogen) atoms. The van der Waals surface area contributed by atoms with Gasteiger partial charge in [0.15, 0.2) is 0 Å². The smallest absolute Gasteiger partial charge is 0.0110 e. The lowest BCUT2D eigenvalue weighted by molar-refractivity contribution is 0.0709. The van der Waals surface area contributed by atoms with E-state index < -0.39 is 0 Å². The molecule has 2 aliphatic heterocycles. The van der Waals surface area contributed by atoms with Crippen molar-refractivity contribution in [1.82, 2.24) is 15.1 Å². The molecule has 3 heteroatoms. The Labute approximate surface area is 151 Å². The van der Waals surface area contributed by atoms with Gasteiger partial charge in [-0.05, 0) is 57.4 Å². The number of likely N-dealkylation sites (tertiary alicyclic amines) is 1. The van der Waals surface area contributed by atoms with Crippen molar-refractivity contribution in [3.8, 4) is 0 Å². The standard InChI is InChI=1S/C21H43N3/c1-6-17(3)18(4)24-12-8-9-20(16-24)15-21(7-2)19(5)23-13-10-22-11-14-23/h17-22H,6-16H2,1-5H3. The Morgan fingerprint density at radius 1 is 0.917 bits per heavy atom. The fraction of sp³-hybridized carbons (Fsp3) is 1.00. The van der Waals surface area contributed by atoms with Crippen molar-refractivity contribution in [2.75, 3.05) is 39.3 Å². The number of hydrogen-bond donors (Lipinski definition) is 1. The molecule has 2 saturated heterocycles. The fourth-order valence-corrected chi connectivity index (χ4v) is 4.88. The summed E-state index contributed by atoms with van der Waals surface area (Å²) < 4.78 is 0. The SMILES string of the molecule is CCC(C)C(C)N1CCCC(CC(CC)C(C)N2CCNCC2)C1. The van der Waals surface area contributed by atoms with E-state index in [9.17, 15) is 0 Å². The zero-order valence-electron chi connectivity index (χ0n) is 17.1. The highest BCUT2D eigenvalue weighted by molar-refractivity contribution is 4.84. The first-order chi connectivity index (χ1) is 11.6. The maximum atomic E-state index is 3.49. The van der Waals surface area contributed by atoms with Gasteiger partial charge in [-0.1, -0.05) is 33.6 Å². The van der Waals surface area contributed by atoms with Crippen LogP contribution in [0.3, 0.4) is 0 Å². The van der Waals surface area contributed by atoms with Crippen LogP contribution in [0.5, 0.6) is 0 Å². The van der Waals surface area contributed by atoms with Crippen molar-refractivity contribution in [2.24, 2.45) is 17.8 Å². The topological polar surface area (TPSA) is 18.5 Å². The van der Waals surface area contributed by atoms with Crippen LogP contribution < -0.4 is 5.32 Å². The number of rotatable bonds is 8. The van der Waals surface area contributed by atoms with Crippen LogP contribution in [-0.2, 0) is 0 Å². The molecule has 2 rings (SSSR count). The summed E-state index contributed by atoms with van der Waals surface area (Å²) in [6.07, 6.45) is 6.94. The van der Waals surface area contributed by atoms with Crippen LogP contribution in [0.2, 0.25) is 0 Å². The molecule has 0 radical (unpaired) electrons. The van der Waals surface area contributed by atoms with E-state index in [1.807, 2.05) is 0 Å². The van der Waals surface area contributed by atoms with Crippen LogP contribution in [0.25, 0.3) is 0 Å². The van der Waals surface area contributed by atoms with E-state index >= 15 is 0 Å². The lowest BCUT2D eigenvalue weighted by Crippen LogP contribution is -2.50. The average molecular weight is 338 g/mol. The van der Waals surface area contributed by atoms with E-state index in [0.717, 1.165) is 29.8 Å². The molecule has 0 bridgehead atoms. The normalized spacial score (nSPS) is 29.1. The predicted molar refractivity (Wildman–Crippen MR) is 106 cm³/mol. The van der Waals surface area contributed by atoms with Gasteiger partial charge in [0.05, 0.1) is 0 Å². The Morgan fingerprint density at radius 3 is 2.25 bits per heavy atom. The summed E-state index contributed by atoms with van der Waals surface area (Å²) in [6, 6.07) is 1.50. The first-order valence-electron chi connectivity index (χ1n) is 10.8. The third-order valence-electron chi connectivity index (χ3n) is 7.16. The number of piperidine rings is 1. The zero-order chi connectivity index (χ0) is 17.5. The highest BCUT2D eigenvalue weighted by Crippen LogP contribution is 2.30. The Bertz CT molecular complexity index is 340. The predicted octanol–water partition coefficient (Wildman–Crippen LogP) is 3.84. The van der Waals surface area contributed by atoms with Crippen LogP contribution in [0.4, 0.5) is 0 Å². The van der Waals surface area contributed by atoms with Gasteiger partial charge in [0.2, 0.25) is 0 Å². The van der Waals surface area contributed by atoms with Gasteiger partial charge >= 0.3 is 0 Å². The van der Waals surface area contributed by atoms with Crippen LogP contribution in [0.15, 0.2) is 0 Å². The minimum Gasteiger partial charge on any atom is -0.314 e. The summed E-state index contributed by atoms with van der Waals surface area (Å²) >= 11 is 0. The largest absolute Gasteiger partial charge is 0.314 e. The van der Waals surface area contributed by atoms with Crippen LogP contribution in [-0.4, -0.2) is 61.2 Å². The molecule has 5 atom stereocenters. The summed E-state index contributed by atoms with van der Waals surface area (Å²) in [5.41, 5.74) is 0. The van der Waals surface area contributed by atoms with Crippen molar-refractivity contribution in [3.63, 3.8) is 0 Å². The van der Waals surface area contributed by atoms with Crippen molar-refractivity contribution >= 4 is 0 Å². The molecule has 0 spiro atoms. The number of hydrogen-bond acceptors (Lipinski definition) is 3. The molecule has 142 valence electrons. The second-order valence-electron chi connectivity index (χ2n) is 8.56. The van der Waals surface area contributed by atoms with Crippen molar-refractivity contribution in [2.45, 2.75) is 78.8 Å². The first-order valence-corrected chi connectivity index (χ1v) is 10.8. The van der Waals surface area contributed by atoms with Crippen molar-refractivity contribution < 1.29 is 0 Å². The molecule has 0 aliphatic carbocycles. The molecular weight excluding hydrogens is 294 g/mol. The molecule has 5 unspecified atom stereocenters. The fourth-order valence-electron chi connectivity index (χ4n) is 4.88. The van der Waals surface area contributed by atoms with Gasteiger partial charge in [0.25, 0.3) is 0 Å². The van der Waals surface area contributed by atoms with Gasteiger partial charge in [-0.2, -0.15) is 0 Å². The van der Waals surface area contributed by atoms with Crippen molar-refractivity contribution in [1.29, 1.82) is 0 Å². The molecule has 3 nitrogen and oxygen atoms in total. The second kappa shape index (κ2) is 10.1. The number of nitrogens with zero attached hydrogens (tertiary/aromatic N) is 2. The third kappa shape index (κ3) is 5.44. The highest BCUT2D eigenvalue weighted by Gasteiger charge is 2.30. The summed E-state index contributed by atoms with van der Waals surface area (Å²) in [6.45, 7) is 19.6. The van der Waals surface area contributed by atoms with Crippen molar-refractivity contribution in [3.05, 3.63) is 0 Å². The number of piperazine rings is 1. The van der Waals surface area contributed by atoms with Gasteiger partial charge in [0.1, 0.15) is 0 Å². The lowest BCUT2D eigenvalue weighted by atomic mass is 9.82. The van der Waals surface area contributed by atoms with E-state index in [2.05, 4.69) is 49.7 Å². The van der Waals surface area contributed by atoms with Gasteiger partial charge < -0.3 is 10.2 Å². The van der Waals surface area contributed by atoms with E-state index in [-0.39, 0.29) is 0 Å². The molecule has 2 heterocycles. The van der Waals surface area contributed by atoms with Crippen LogP contribution in [0.1, 0.15) is 66.7 Å². The molecule has 0 aromatic carbocycles. The minimum absolute atomic E-state index is 0.750. The van der Waals surface area contributed by atoms with E-state index in [1.54, 1.807) is 0 Å². The Balaban J connectivity index is 1.87. The Hall–Kier alpha value is -0.120. The van der Waals surface area contributed by atoms with E-state index in [1.165, 1.54) is 71.4 Å².